The van der Waals surface area contributed by atoms with Crippen LogP contribution in [0, 0.1) is 0 Å². The lowest BCUT2D eigenvalue weighted by molar-refractivity contribution is 0.109. The molecule has 1 aliphatic rings. The molecule has 2 aromatic heterocycles. The van der Waals surface area contributed by atoms with Gasteiger partial charge in [0.25, 0.3) is 0 Å². The minimum Gasteiger partial charge on any atom is -0.376 e. The molecule has 0 bridgehead atoms. The highest BCUT2D eigenvalue weighted by Crippen LogP contribution is 2.31. The number of halogens is 1. The molecule has 0 aliphatic carbocycles. The van der Waals surface area contributed by atoms with E-state index in [9.17, 15) is 0 Å². The SMILES string of the molecule is NNc1nc(-c2ccc(Br)s2)nc2c1COCC2. The van der Waals surface area contributed by atoms with Crippen LogP contribution in [0.3, 0.4) is 0 Å². The lowest BCUT2D eigenvalue weighted by Crippen LogP contribution is -2.19. The molecule has 3 rings (SSSR count). The summed E-state index contributed by atoms with van der Waals surface area (Å²) in [5, 5.41) is 0. The van der Waals surface area contributed by atoms with Gasteiger partial charge in [-0.05, 0) is 28.1 Å². The summed E-state index contributed by atoms with van der Waals surface area (Å²) < 4.78 is 6.47. The van der Waals surface area contributed by atoms with Crippen LogP contribution in [0.15, 0.2) is 15.9 Å². The molecule has 0 radical (unpaired) electrons. The molecule has 0 spiro atoms. The maximum absolute atomic E-state index is 5.52. The quantitative estimate of drug-likeness (QED) is 0.654. The van der Waals surface area contributed by atoms with E-state index in [0.717, 1.165) is 26.3 Å². The van der Waals surface area contributed by atoms with Gasteiger partial charge in [-0.15, -0.1) is 11.3 Å². The number of aromatic nitrogens is 2. The van der Waals surface area contributed by atoms with Crippen LogP contribution in [0.4, 0.5) is 5.82 Å². The third-order valence-corrected chi connectivity index (χ3v) is 4.37. The van der Waals surface area contributed by atoms with Gasteiger partial charge in [-0.1, -0.05) is 0 Å². The van der Waals surface area contributed by atoms with Crippen LogP contribution in [-0.2, 0) is 17.8 Å². The summed E-state index contributed by atoms with van der Waals surface area (Å²) in [4.78, 5) is 10.1. The summed E-state index contributed by atoms with van der Waals surface area (Å²) >= 11 is 5.05. The standard InChI is InChI=1S/C11H11BrN4OS/c12-9-2-1-8(18-9)11-14-7-3-4-17-5-6(7)10(15-11)16-13/h1-2H,3-5,13H2,(H,14,15,16). The summed E-state index contributed by atoms with van der Waals surface area (Å²) in [7, 11) is 0. The highest BCUT2D eigenvalue weighted by Gasteiger charge is 2.18. The Labute approximate surface area is 116 Å². The first kappa shape index (κ1) is 12.0. The van der Waals surface area contributed by atoms with Crippen LogP contribution in [-0.4, -0.2) is 16.6 Å². The van der Waals surface area contributed by atoms with Crippen molar-refractivity contribution in [3.63, 3.8) is 0 Å². The van der Waals surface area contributed by atoms with Crippen molar-refractivity contribution in [3.8, 4) is 10.7 Å². The zero-order chi connectivity index (χ0) is 12.5. The molecule has 0 atom stereocenters. The van der Waals surface area contributed by atoms with E-state index in [2.05, 4.69) is 31.3 Å². The third kappa shape index (κ3) is 2.14. The van der Waals surface area contributed by atoms with Gasteiger partial charge in [0.05, 0.1) is 27.6 Å². The van der Waals surface area contributed by atoms with E-state index in [0.29, 0.717) is 24.9 Å². The number of hydrazine groups is 1. The van der Waals surface area contributed by atoms with E-state index >= 15 is 0 Å². The fourth-order valence-electron chi connectivity index (χ4n) is 1.90. The molecule has 94 valence electrons. The highest BCUT2D eigenvalue weighted by molar-refractivity contribution is 9.11. The maximum Gasteiger partial charge on any atom is 0.171 e. The molecule has 3 heterocycles. The van der Waals surface area contributed by atoms with Crippen LogP contribution >= 0.6 is 27.3 Å². The van der Waals surface area contributed by atoms with Crippen molar-refractivity contribution in [1.29, 1.82) is 0 Å². The zero-order valence-electron chi connectivity index (χ0n) is 9.44. The topological polar surface area (TPSA) is 73.1 Å². The number of ether oxygens (including phenoxy) is 1. The highest BCUT2D eigenvalue weighted by atomic mass is 79.9. The van der Waals surface area contributed by atoms with Gasteiger partial charge in [-0.2, -0.15) is 0 Å². The molecule has 1 aliphatic heterocycles. The number of nitrogens with zero attached hydrogens (tertiary/aromatic N) is 2. The molecule has 5 nitrogen and oxygen atoms in total. The lowest BCUT2D eigenvalue weighted by Gasteiger charge is -2.18. The maximum atomic E-state index is 5.52. The van der Waals surface area contributed by atoms with Crippen molar-refractivity contribution >= 4 is 33.1 Å². The van der Waals surface area contributed by atoms with E-state index in [1.54, 1.807) is 11.3 Å². The number of hydrogen-bond acceptors (Lipinski definition) is 6. The van der Waals surface area contributed by atoms with Crippen molar-refractivity contribution in [3.05, 3.63) is 27.2 Å². The second-order valence-electron chi connectivity index (χ2n) is 3.87. The molecular weight excluding hydrogens is 316 g/mol. The molecule has 0 fully saturated rings. The van der Waals surface area contributed by atoms with E-state index in [4.69, 9.17) is 10.6 Å². The van der Waals surface area contributed by atoms with E-state index < -0.39 is 0 Å². The minimum atomic E-state index is 0.517. The molecule has 0 saturated carbocycles. The monoisotopic (exact) mass is 326 g/mol. The van der Waals surface area contributed by atoms with Crippen molar-refractivity contribution in [2.45, 2.75) is 13.0 Å². The van der Waals surface area contributed by atoms with Crippen LogP contribution < -0.4 is 11.3 Å². The molecule has 3 N–H and O–H groups in total. The van der Waals surface area contributed by atoms with Gasteiger partial charge < -0.3 is 10.2 Å². The number of fused-ring (bicyclic) bond motifs is 1. The van der Waals surface area contributed by atoms with Crippen molar-refractivity contribution in [2.75, 3.05) is 12.0 Å². The summed E-state index contributed by atoms with van der Waals surface area (Å²) in [6, 6.07) is 3.98. The predicted molar refractivity (Wildman–Crippen MR) is 74.2 cm³/mol. The first-order valence-corrected chi connectivity index (χ1v) is 7.08. The fourth-order valence-corrected chi connectivity index (χ4v) is 3.22. The number of nitrogens with two attached hydrogens (primary N) is 1. The Bertz CT molecular complexity index is 569. The number of anilines is 1. The van der Waals surface area contributed by atoms with Crippen LogP contribution in [0.5, 0.6) is 0 Å². The summed E-state index contributed by atoms with van der Waals surface area (Å²) in [5.74, 6) is 6.88. The molecule has 2 aromatic rings. The molecule has 0 amide bonds. The number of nitrogen functional groups attached to an aromatic ring is 1. The number of nitrogens with one attached hydrogen (secondary N) is 1. The second kappa shape index (κ2) is 4.93. The van der Waals surface area contributed by atoms with E-state index in [1.807, 2.05) is 12.1 Å². The fraction of sp³-hybridized carbons (Fsp3) is 0.273. The number of rotatable bonds is 2. The number of thiophene rings is 1. The van der Waals surface area contributed by atoms with Crippen molar-refractivity contribution < 1.29 is 4.74 Å². The molecule has 0 unspecified atom stereocenters. The van der Waals surface area contributed by atoms with Gasteiger partial charge in [0.15, 0.2) is 5.82 Å². The number of hydrogen-bond donors (Lipinski definition) is 2. The van der Waals surface area contributed by atoms with E-state index in [-0.39, 0.29) is 0 Å². The zero-order valence-corrected chi connectivity index (χ0v) is 11.8. The van der Waals surface area contributed by atoms with Crippen LogP contribution in [0.2, 0.25) is 0 Å². The van der Waals surface area contributed by atoms with Gasteiger partial charge in [-0.25, -0.2) is 15.8 Å². The first-order valence-electron chi connectivity index (χ1n) is 5.48. The van der Waals surface area contributed by atoms with Gasteiger partial charge in [0.2, 0.25) is 0 Å². The molecular formula is C11H11BrN4OS. The molecule has 0 saturated heterocycles. The Morgan fingerprint density at radius 2 is 2.28 bits per heavy atom. The molecule has 0 aromatic carbocycles. The summed E-state index contributed by atoms with van der Waals surface area (Å²) in [6.07, 6.45) is 0.798. The minimum absolute atomic E-state index is 0.517. The molecule has 7 heteroatoms. The smallest absolute Gasteiger partial charge is 0.171 e. The van der Waals surface area contributed by atoms with E-state index in [1.165, 1.54) is 0 Å². The second-order valence-corrected chi connectivity index (χ2v) is 6.33. The third-order valence-electron chi connectivity index (χ3n) is 2.75. The van der Waals surface area contributed by atoms with Gasteiger partial charge in [0, 0.05) is 12.0 Å². The normalized spacial score (nSPS) is 14.3. The van der Waals surface area contributed by atoms with Crippen molar-refractivity contribution in [2.24, 2.45) is 5.84 Å². The average molecular weight is 327 g/mol. The molecule has 18 heavy (non-hydrogen) atoms. The Morgan fingerprint density at radius 1 is 1.39 bits per heavy atom. The Hall–Kier alpha value is -1.02. The summed E-state index contributed by atoms with van der Waals surface area (Å²) in [5.41, 5.74) is 4.61. The Balaban J connectivity index is 2.11. The first-order chi connectivity index (χ1) is 8.78. The van der Waals surface area contributed by atoms with Crippen LogP contribution in [0.25, 0.3) is 10.7 Å². The Kier molecular flexibility index (Phi) is 3.29. The van der Waals surface area contributed by atoms with Gasteiger partial charge in [0.1, 0.15) is 5.82 Å². The largest absolute Gasteiger partial charge is 0.376 e. The predicted octanol–water partition coefficient (Wildman–Crippen LogP) is 2.33. The lowest BCUT2D eigenvalue weighted by atomic mass is 10.1. The summed E-state index contributed by atoms with van der Waals surface area (Å²) in [6.45, 7) is 1.21. The van der Waals surface area contributed by atoms with Crippen molar-refractivity contribution in [1.82, 2.24) is 9.97 Å². The Morgan fingerprint density at radius 3 is 3.00 bits per heavy atom. The van der Waals surface area contributed by atoms with Gasteiger partial charge >= 0.3 is 0 Å². The van der Waals surface area contributed by atoms with Gasteiger partial charge in [-0.3, -0.25) is 0 Å². The average Bonchev–Trinajstić information content (AvgIpc) is 2.84. The van der Waals surface area contributed by atoms with Crippen LogP contribution in [0.1, 0.15) is 11.3 Å².